The lowest BCUT2D eigenvalue weighted by Crippen LogP contribution is -2.10. The van der Waals surface area contributed by atoms with E-state index in [2.05, 4.69) is 4.98 Å². The Bertz CT molecular complexity index is 730. The molecule has 0 N–H and O–H groups in total. The molecule has 0 unspecified atom stereocenters. The number of thiophene rings is 1. The van der Waals surface area contributed by atoms with Gasteiger partial charge in [-0.1, -0.05) is 6.07 Å². The second kappa shape index (κ2) is 5.93. The largest absolute Gasteiger partial charge is 0.497 e. The van der Waals surface area contributed by atoms with Gasteiger partial charge >= 0.3 is 0 Å². The number of Topliss-reactive ketones (excluding diaryl/α,β-unsaturated/α-hetero) is 1. The van der Waals surface area contributed by atoms with Gasteiger partial charge in [0, 0.05) is 18.0 Å². The molecule has 0 saturated carbocycles. The van der Waals surface area contributed by atoms with Crippen LogP contribution in [0, 0.1) is 0 Å². The van der Waals surface area contributed by atoms with Crippen LogP contribution in [0.25, 0.3) is 10.7 Å². The van der Waals surface area contributed by atoms with Crippen LogP contribution in [-0.4, -0.2) is 22.4 Å². The Kier molecular flexibility index (Phi) is 3.83. The number of nitrogens with zero attached hydrogens (tertiary/aromatic N) is 2. The monoisotopic (exact) mass is 298 g/mol. The van der Waals surface area contributed by atoms with Crippen LogP contribution in [0.5, 0.6) is 5.75 Å². The first-order chi connectivity index (χ1) is 10.3. The van der Waals surface area contributed by atoms with E-state index in [9.17, 15) is 4.79 Å². The Morgan fingerprint density at radius 3 is 2.76 bits per heavy atom. The maximum absolute atomic E-state index is 12.3. The average molecular weight is 298 g/mol. The number of benzene rings is 1. The van der Waals surface area contributed by atoms with E-state index in [4.69, 9.17) is 4.74 Å². The topological polar surface area (TPSA) is 44.1 Å². The van der Waals surface area contributed by atoms with Crippen molar-refractivity contribution in [3.63, 3.8) is 0 Å². The summed E-state index contributed by atoms with van der Waals surface area (Å²) in [6.45, 7) is 0.277. The van der Waals surface area contributed by atoms with Crippen molar-refractivity contribution >= 4 is 17.1 Å². The second-order valence-corrected chi connectivity index (χ2v) is 5.46. The fourth-order valence-corrected chi connectivity index (χ4v) is 2.83. The number of imidazole rings is 1. The van der Waals surface area contributed by atoms with Gasteiger partial charge in [-0.3, -0.25) is 4.79 Å². The third-order valence-corrected chi connectivity index (χ3v) is 4.05. The summed E-state index contributed by atoms with van der Waals surface area (Å²) < 4.78 is 6.97. The molecule has 0 amide bonds. The minimum absolute atomic E-state index is 0.0495. The molecule has 106 valence electrons. The molecule has 2 heterocycles. The normalized spacial score (nSPS) is 10.5. The molecule has 0 fully saturated rings. The third kappa shape index (κ3) is 2.87. The van der Waals surface area contributed by atoms with Crippen LogP contribution < -0.4 is 4.74 Å². The van der Waals surface area contributed by atoms with Crippen molar-refractivity contribution in [1.82, 2.24) is 9.55 Å². The van der Waals surface area contributed by atoms with Crippen molar-refractivity contribution in [2.24, 2.45) is 0 Å². The molecule has 4 nitrogen and oxygen atoms in total. The summed E-state index contributed by atoms with van der Waals surface area (Å²) in [4.78, 5) is 17.7. The summed E-state index contributed by atoms with van der Waals surface area (Å²) in [5.41, 5.74) is 0.668. The quantitative estimate of drug-likeness (QED) is 0.677. The van der Waals surface area contributed by atoms with E-state index >= 15 is 0 Å². The molecule has 0 radical (unpaired) electrons. The number of hydrogen-bond acceptors (Lipinski definition) is 4. The Labute approximate surface area is 126 Å². The number of aromatic nitrogens is 2. The van der Waals surface area contributed by atoms with E-state index in [0.29, 0.717) is 5.56 Å². The Balaban J connectivity index is 1.80. The minimum Gasteiger partial charge on any atom is -0.497 e. The van der Waals surface area contributed by atoms with E-state index in [1.165, 1.54) is 0 Å². The molecule has 0 saturated heterocycles. The fraction of sp³-hybridized carbons (Fsp3) is 0.125. The summed E-state index contributed by atoms with van der Waals surface area (Å²) in [5.74, 6) is 1.62. The summed E-state index contributed by atoms with van der Waals surface area (Å²) in [7, 11) is 1.61. The van der Waals surface area contributed by atoms with Gasteiger partial charge in [-0.05, 0) is 35.7 Å². The molecule has 0 aliphatic heterocycles. The summed E-state index contributed by atoms with van der Waals surface area (Å²) in [5, 5.41) is 2.00. The number of rotatable bonds is 5. The molecule has 0 aliphatic rings. The van der Waals surface area contributed by atoms with Gasteiger partial charge in [-0.25, -0.2) is 4.98 Å². The SMILES string of the molecule is COc1ccc(C(=O)Cn2ccnc2-c2cccs2)cc1. The molecule has 2 aromatic heterocycles. The maximum Gasteiger partial charge on any atom is 0.182 e. The van der Waals surface area contributed by atoms with E-state index in [1.807, 2.05) is 28.3 Å². The predicted octanol–water partition coefficient (Wildman–Crippen LogP) is 3.50. The van der Waals surface area contributed by atoms with Crippen LogP contribution in [-0.2, 0) is 6.54 Å². The van der Waals surface area contributed by atoms with Crippen molar-refractivity contribution in [3.05, 3.63) is 59.7 Å². The number of ether oxygens (including phenoxy) is 1. The highest BCUT2D eigenvalue weighted by molar-refractivity contribution is 7.13. The molecule has 0 bridgehead atoms. The molecular weight excluding hydrogens is 284 g/mol. The molecule has 0 spiro atoms. The molecular formula is C16H14N2O2S. The van der Waals surface area contributed by atoms with Gasteiger partial charge in [0.1, 0.15) is 11.6 Å². The number of hydrogen-bond donors (Lipinski definition) is 0. The standard InChI is InChI=1S/C16H14N2O2S/c1-20-13-6-4-12(5-7-13)14(19)11-18-9-8-17-16(18)15-3-2-10-21-15/h2-10H,11H2,1H3. The van der Waals surface area contributed by atoms with Crippen molar-refractivity contribution in [1.29, 1.82) is 0 Å². The van der Waals surface area contributed by atoms with Crippen LogP contribution >= 0.6 is 11.3 Å². The smallest absolute Gasteiger partial charge is 0.182 e. The molecule has 1 aromatic carbocycles. The van der Waals surface area contributed by atoms with Crippen LogP contribution in [0.3, 0.4) is 0 Å². The Hall–Kier alpha value is -2.40. The minimum atomic E-state index is 0.0495. The third-order valence-electron chi connectivity index (χ3n) is 3.18. The van der Waals surface area contributed by atoms with Gasteiger partial charge in [0.05, 0.1) is 18.5 Å². The zero-order valence-electron chi connectivity index (χ0n) is 11.5. The van der Waals surface area contributed by atoms with E-state index in [1.54, 1.807) is 48.9 Å². The van der Waals surface area contributed by atoms with Gasteiger partial charge < -0.3 is 9.30 Å². The first-order valence-electron chi connectivity index (χ1n) is 6.50. The highest BCUT2D eigenvalue weighted by Gasteiger charge is 2.12. The summed E-state index contributed by atoms with van der Waals surface area (Å²) in [6, 6.07) is 11.1. The molecule has 21 heavy (non-hydrogen) atoms. The molecule has 3 aromatic rings. The summed E-state index contributed by atoms with van der Waals surface area (Å²) in [6.07, 6.45) is 3.55. The average Bonchev–Trinajstić information content (AvgIpc) is 3.18. The molecule has 3 rings (SSSR count). The fourth-order valence-electron chi connectivity index (χ4n) is 2.09. The Morgan fingerprint density at radius 1 is 1.29 bits per heavy atom. The molecule has 5 heteroatoms. The lowest BCUT2D eigenvalue weighted by molar-refractivity contribution is 0.0972. The number of methoxy groups -OCH3 is 1. The van der Waals surface area contributed by atoms with Gasteiger partial charge in [0.2, 0.25) is 0 Å². The van der Waals surface area contributed by atoms with Crippen molar-refractivity contribution in [2.75, 3.05) is 7.11 Å². The van der Waals surface area contributed by atoms with Gasteiger partial charge in [-0.2, -0.15) is 0 Å². The van der Waals surface area contributed by atoms with Crippen LogP contribution in [0.2, 0.25) is 0 Å². The van der Waals surface area contributed by atoms with Gasteiger partial charge in [0.25, 0.3) is 0 Å². The Morgan fingerprint density at radius 2 is 2.10 bits per heavy atom. The van der Waals surface area contributed by atoms with E-state index in [0.717, 1.165) is 16.5 Å². The number of ketones is 1. The lowest BCUT2D eigenvalue weighted by Gasteiger charge is -2.06. The highest BCUT2D eigenvalue weighted by atomic mass is 32.1. The summed E-state index contributed by atoms with van der Waals surface area (Å²) >= 11 is 1.61. The predicted molar refractivity (Wildman–Crippen MR) is 82.9 cm³/mol. The highest BCUT2D eigenvalue weighted by Crippen LogP contribution is 2.23. The van der Waals surface area contributed by atoms with Gasteiger partial charge in [0.15, 0.2) is 5.78 Å². The first-order valence-corrected chi connectivity index (χ1v) is 7.38. The molecule has 0 atom stereocenters. The van der Waals surface area contributed by atoms with E-state index < -0.39 is 0 Å². The number of carbonyl (C=O) groups is 1. The zero-order chi connectivity index (χ0) is 14.7. The van der Waals surface area contributed by atoms with Crippen LogP contribution in [0.15, 0.2) is 54.2 Å². The van der Waals surface area contributed by atoms with Crippen molar-refractivity contribution in [3.8, 4) is 16.5 Å². The molecule has 0 aliphatic carbocycles. The zero-order valence-corrected chi connectivity index (χ0v) is 12.3. The van der Waals surface area contributed by atoms with E-state index in [-0.39, 0.29) is 12.3 Å². The van der Waals surface area contributed by atoms with Crippen LogP contribution in [0.4, 0.5) is 0 Å². The second-order valence-electron chi connectivity index (χ2n) is 4.51. The van der Waals surface area contributed by atoms with Gasteiger partial charge in [-0.15, -0.1) is 11.3 Å². The van der Waals surface area contributed by atoms with Crippen LogP contribution in [0.1, 0.15) is 10.4 Å². The van der Waals surface area contributed by atoms with Crippen molar-refractivity contribution < 1.29 is 9.53 Å². The van der Waals surface area contributed by atoms with Crippen molar-refractivity contribution in [2.45, 2.75) is 6.54 Å². The maximum atomic E-state index is 12.3. The number of carbonyl (C=O) groups excluding carboxylic acids is 1. The first kappa shape index (κ1) is 13.6. The lowest BCUT2D eigenvalue weighted by atomic mass is 10.1.